The summed E-state index contributed by atoms with van der Waals surface area (Å²) in [6, 6.07) is 66.2. The van der Waals surface area contributed by atoms with Gasteiger partial charge in [0.2, 0.25) is 0 Å². The number of nitrogens with zero attached hydrogens (tertiary/aromatic N) is 1. The second-order valence-electron chi connectivity index (χ2n) is 37.6. The fourth-order valence-corrected chi connectivity index (χ4v) is 22.3. The summed E-state index contributed by atoms with van der Waals surface area (Å²) in [7, 11) is 0. The Balaban J connectivity index is 1.05. The molecule has 7 aliphatic rings. The van der Waals surface area contributed by atoms with Gasteiger partial charge < -0.3 is 9.32 Å². The van der Waals surface area contributed by atoms with E-state index in [-0.39, 0.29) is 66.1 Å². The molecule has 3 aliphatic heterocycles. The summed E-state index contributed by atoms with van der Waals surface area (Å²) in [5, 5.41) is 1.29. The summed E-state index contributed by atoms with van der Waals surface area (Å²) in [6.07, 6.45) is 14.2. The molecule has 0 amide bonds. The number of anilines is 3. The summed E-state index contributed by atoms with van der Waals surface area (Å²) in [5.74, 6) is 1.13. The number of rotatable bonds is 6. The first kappa shape index (κ1) is 65.6. The maximum absolute atomic E-state index is 7.99. The predicted molar refractivity (Wildman–Crippen MR) is 422 cm³/mol. The van der Waals surface area contributed by atoms with E-state index in [9.17, 15) is 0 Å². The van der Waals surface area contributed by atoms with Crippen molar-refractivity contribution >= 4 is 63.0 Å². The highest BCUT2D eigenvalue weighted by molar-refractivity contribution is 8.06. The van der Waals surface area contributed by atoms with Crippen LogP contribution in [0.25, 0.3) is 38.8 Å². The highest BCUT2D eigenvalue weighted by Gasteiger charge is 2.66. The van der Waals surface area contributed by atoms with E-state index in [4.69, 9.17) is 4.42 Å². The Morgan fingerprint density at radius 2 is 1.10 bits per heavy atom. The second-order valence-corrected chi connectivity index (χ2v) is 38.9. The molecule has 5 atom stereocenters. The van der Waals surface area contributed by atoms with Crippen molar-refractivity contribution in [1.29, 1.82) is 0 Å². The van der Waals surface area contributed by atoms with Crippen LogP contribution in [-0.4, -0.2) is 6.71 Å². The molecule has 16 rings (SSSR count). The maximum Gasteiger partial charge on any atom is 0.259 e. The van der Waals surface area contributed by atoms with Gasteiger partial charge in [-0.05, 0) is 213 Å². The van der Waals surface area contributed by atoms with Crippen LogP contribution in [0.3, 0.4) is 0 Å². The lowest BCUT2D eigenvalue weighted by atomic mass is 9.33. The number of hydrogen-bond acceptors (Lipinski definition) is 3. The van der Waals surface area contributed by atoms with Gasteiger partial charge >= 0.3 is 0 Å². The molecule has 0 bridgehead atoms. The zero-order valence-electron chi connectivity index (χ0n) is 62.7. The lowest BCUT2D eigenvalue weighted by molar-refractivity contribution is 0.140. The van der Waals surface area contributed by atoms with Crippen LogP contribution in [0.2, 0.25) is 0 Å². The fraction of sp³-hybridized carbons (Fsp3) is 0.426. The average molecular weight is 1310 g/mol. The van der Waals surface area contributed by atoms with Gasteiger partial charge in [-0.3, -0.25) is 0 Å². The van der Waals surface area contributed by atoms with Gasteiger partial charge in [-0.1, -0.05) is 290 Å². The molecule has 2 nitrogen and oxygen atoms in total. The van der Waals surface area contributed by atoms with Crippen molar-refractivity contribution in [3.63, 3.8) is 0 Å². The summed E-state index contributed by atoms with van der Waals surface area (Å²) in [4.78, 5) is 4.30. The molecule has 1 aromatic heterocycles. The minimum Gasteiger partial charge on any atom is -0.461 e. The van der Waals surface area contributed by atoms with Crippen molar-refractivity contribution < 1.29 is 4.42 Å². The van der Waals surface area contributed by atoms with E-state index in [0.717, 1.165) is 44.1 Å². The third-order valence-corrected chi connectivity index (χ3v) is 28.1. The largest absolute Gasteiger partial charge is 0.461 e. The van der Waals surface area contributed by atoms with Gasteiger partial charge in [0.1, 0.15) is 11.3 Å². The molecule has 4 heterocycles. The predicted octanol–water partition coefficient (Wildman–Crippen LogP) is 24.9. The van der Waals surface area contributed by atoms with E-state index in [1.807, 2.05) is 0 Å². The highest BCUT2D eigenvalue weighted by Crippen LogP contribution is 2.75. The monoisotopic (exact) mass is 1310 g/mol. The van der Waals surface area contributed by atoms with Crippen LogP contribution in [0.1, 0.15) is 262 Å². The molecule has 0 spiro atoms. The molecule has 98 heavy (non-hydrogen) atoms. The number of allylic oxidation sites excluding steroid dienone is 3. The quantitative estimate of drug-likeness (QED) is 0.154. The first-order chi connectivity index (χ1) is 46.1. The molecular formula is C94H106BNOS. The molecule has 0 N–H and O–H groups in total. The Labute approximate surface area is 593 Å². The van der Waals surface area contributed by atoms with Gasteiger partial charge in [0.05, 0.1) is 4.75 Å². The topological polar surface area (TPSA) is 16.4 Å². The van der Waals surface area contributed by atoms with E-state index in [0.29, 0.717) is 0 Å². The Hall–Kier alpha value is -7.01. The Kier molecular flexibility index (Phi) is 14.7. The molecule has 2 fully saturated rings. The number of benzene rings is 8. The number of thioether (sulfide) groups is 1. The zero-order valence-corrected chi connectivity index (χ0v) is 63.5. The molecule has 4 aliphatic carbocycles. The van der Waals surface area contributed by atoms with Crippen LogP contribution in [-0.2, 0) is 49.1 Å². The van der Waals surface area contributed by atoms with Crippen molar-refractivity contribution in [3.8, 4) is 22.3 Å². The molecule has 0 radical (unpaired) electrons. The van der Waals surface area contributed by atoms with E-state index in [1.54, 1.807) is 21.5 Å². The van der Waals surface area contributed by atoms with Crippen LogP contribution in [0, 0.1) is 10.8 Å². The lowest BCUT2D eigenvalue weighted by Gasteiger charge is -2.51. The van der Waals surface area contributed by atoms with Gasteiger partial charge in [0.25, 0.3) is 6.71 Å². The number of furan rings is 1. The number of fused-ring (bicyclic) bond motifs is 12. The molecule has 8 aromatic carbocycles. The molecule has 5 unspecified atom stereocenters. The van der Waals surface area contributed by atoms with Crippen LogP contribution in [0.4, 0.5) is 17.1 Å². The highest BCUT2D eigenvalue weighted by atomic mass is 32.2. The Bertz CT molecular complexity index is 4810. The Morgan fingerprint density at radius 1 is 0.480 bits per heavy atom. The first-order valence-corrected chi connectivity index (χ1v) is 38.4. The second kappa shape index (κ2) is 22.0. The maximum atomic E-state index is 7.99. The van der Waals surface area contributed by atoms with Gasteiger partial charge in [-0.2, -0.15) is 0 Å². The van der Waals surface area contributed by atoms with E-state index >= 15 is 0 Å². The summed E-state index contributed by atoms with van der Waals surface area (Å²) >= 11 is 2.27. The molecule has 9 aromatic rings. The average Bonchev–Trinajstić information content (AvgIpc) is 1.44. The third kappa shape index (κ3) is 9.89. The minimum absolute atomic E-state index is 0.0271. The van der Waals surface area contributed by atoms with Crippen molar-refractivity contribution in [2.24, 2.45) is 10.8 Å². The molecule has 0 saturated heterocycles. The van der Waals surface area contributed by atoms with Crippen LogP contribution < -0.4 is 15.8 Å². The van der Waals surface area contributed by atoms with Crippen molar-refractivity contribution in [1.82, 2.24) is 0 Å². The number of hydrogen-bond donors (Lipinski definition) is 0. The zero-order chi connectivity index (χ0) is 69.0. The standard InChI is InChI=1S/C94H106BNOS/c1-85(2,3)66-38-34-58(35-39-66)60-28-25-30-62(50-60)76-72-54-63(65-51-64-52-69(87(7,8)9)56-73(88(10,11)12)77(64)92(18)45-24-23-44-91(92,17)57-65)55-75-80(72)95(84-79(76)93(19)46-27-47-94(93,98-84)68-31-21-20-22-32-68)81-74(43-42-71-78-83(97-82(71)81)90(15,16)49-48-89(78,13)14)96(75)70-33-26-29-61(53-70)59-36-40-67(41-37-59)86(4,5)6/h20-22,25-26,28-43,50,52-57,76H,23-24,27,44-49,51H2,1-19H3. The SMILES string of the molecule is CC(C)(C)c1ccc(-c2cccc(C3C4=C(SC5(c6ccccc6)CCCC45C)B4c5c3cc(C3=CC6(C)CCCCC6(C)c6c(cc(C(C)(C)C)cc6C(C)(C)C)C3)cc5N(c3cccc(-c5ccc(C(C)(C)C)cc5)c3)c3ccc5c6c(oc5c34)C(C)(C)CCC6(C)C)c2)cc1. The fourth-order valence-electron chi connectivity index (χ4n) is 20.2. The molecular weight excluding hydrogens is 1200 g/mol. The Morgan fingerprint density at radius 3 is 1.76 bits per heavy atom. The normalized spacial score (nSPS) is 24.6. The summed E-state index contributed by atoms with van der Waals surface area (Å²) < 4.78 is 7.81. The van der Waals surface area contributed by atoms with Crippen molar-refractivity contribution in [3.05, 3.63) is 247 Å². The van der Waals surface area contributed by atoms with E-state index in [2.05, 4.69) is 318 Å². The first-order valence-electron chi connectivity index (χ1n) is 37.5. The van der Waals surface area contributed by atoms with Crippen molar-refractivity contribution in [2.75, 3.05) is 4.90 Å². The lowest BCUT2D eigenvalue weighted by Crippen LogP contribution is -2.55. The van der Waals surface area contributed by atoms with E-state index in [1.165, 1.54) is 143 Å². The van der Waals surface area contributed by atoms with Crippen LogP contribution >= 0.6 is 11.8 Å². The van der Waals surface area contributed by atoms with Gasteiger partial charge in [-0.15, -0.1) is 11.8 Å². The van der Waals surface area contributed by atoms with Crippen LogP contribution in [0.5, 0.6) is 0 Å². The third-order valence-electron chi connectivity index (χ3n) is 26.2. The van der Waals surface area contributed by atoms with E-state index < -0.39 is 0 Å². The smallest absolute Gasteiger partial charge is 0.259 e. The van der Waals surface area contributed by atoms with Crippen LogP contribution in [0.15, 0.2) is 185 Å². The summed E-state index contributed by atoms with van der Waals surface area (Å²) in [6.45, 7) is 46.5. The molecule has 4 heteroatoms. The molecule has 2 saturated carbocycles. The van der Waals surface area contributed by atoms with Gasteiger partial charge in [-0.25, -0.2) is 0 Å². The van der Waals surface area contributed by atoms with Gasteiger partial charge in [0.15, 0.2) is 0 Å². The van der Waals surface area contributed by atoms with Crippen molar-refractivity contribution in [2.45, 2.75) is 244 Å². The van der Waals surface area contributed by atoms with Gasteiger partial charge in [0, 0.05) is 50.2 Å². The minimum atomic E-state index is -0.184. The summed E-state index contributed by atoms with van der Waals surface area (Å²) in [5.41, 5.74) is 31.1. The molecule has 502 valence electrons.